The molecule has 146 valence electrons. The molecule has 3 rings (SSSR count). The number of aliphatic imine (C=N–C) groups is 1. The zero-order valence-corrected chi connectivity index (χ0v) is 17.7. The molecule has 2 aromatic carbocycles. The number of rotatable bonds is 7. The standard InChI is InChI=1S/C20H21BrN4O2S/c1-12(11-26)23-19(22)18-17(28-25-20(18)27)10-13-2-6-15(7-3-13)24-16-8-4-14(21)5-9-16/h2-9,12,24,26H,10-11H2,1H3,(H2,22,23)(H,25,27). The van der Waals surface area contributed by atoms with Crippen molar-refractivity contribution in [2.24, 2.45) is 10.7 Å². The predicted octanol–water partition coefficient (Wildman–Crippen LogP) is 3.62. The molecular weight excluding hydrogens is 440 g/mol. The van der Waals surface area contributed by atoms with Crippen molar-refractivity contribution in [3.63, 3.8) is 0 Å². The molecular formula is C20H21BrN4O2S. The van der Waals surface area contributed by atoms with Gasteiger partial charge in [-0.1, -0.05) is 39.6 Å². The van der Waals surface area contributed by atoms with Crippen LogP contribution in [0.3, 0.4) is 0 Å². The monoisotopic (exact) mass is 460 g/mol. The first-order valence-corrected chi connectivity index (χ1v) is 10.3. The van der Waals surface area contributed by atoms with Gasteiger partial charge in [-0.3, -0.25) is 14.2 Å². The summed E-state index contributed by atoms with van der Waals surface area (Å²) in [5.74, 6) is 0.160. The van der Waals surface area contributed by atoms with Crippen LogP contribution in [0.15, 0.2) is 62.8 Å². The van der Waals surface area contributed by atoms with E-state index in [1.807, 2.05) is 48.5 Å². The molecule has 0 fully saturated rings. The van der Waals surface area contributed by atoms with E-state index in [-0.39, 0.29) is 24.0 Å². The van der Waals surface area contributed by atoms with E-state index in [9.17, 15) is 4.79 Å². The van der Waals surface area contributed by atoms with E-state index in [1.54, 1.807) is 6.92 Å². The van der Waals surface area contributed by atoms with Crippen LogP contribution in [0, 0.1) is 0 Å². The quantitative estimate of drug-likeness (QED) is 0.319. The summed E-state index contributed by atoms with van der Waals surface area (Å²) >= 11 is 4.69. The lowest BCUT2D eigenvalue weighted by Gasteiger charge is -2.08. The average Bonchev–Trinajstić information content (AvgIpc) is 3.05. The Kier molecular flexibility index (Phi) is 6.66. The molecule has 3 aromatic rings. The number of amidine groups is 1. The molecule has 1 atom stereocenters. The maximum Gasteiger partial charge on any atom is 0.269 e. The summed E-state index contributed by atoms with van der Waals surface area (Å²) in [5.41, 5.74) is 9.18. The largest absolute Gasteiger partial charge is 0.394 e. The number of nitrogens with zero attached hydrogens (tertiary/aromatic N) is 1. The van der Waals surface area contributed by atoms with E-state index >= 15 is 0 Å². The highest BCUT2D eigenvalue weighted by atomic mass is 79.9. The molecule has 1 unspecified atom stereocenters. The van der Waals surface area contributed by atoms with Gasteiger partial charge in [0.05, 0.1) is 18.2 Å². The highest BCUT2D eigenvalue weighted by molar-refractivity contribution is 9.10. The summed E-state index contributed by atoms with van der Waals surface area (Å²) < 4.78 is 3.76. The molecule has 28 heavy (non-hydrogen) atoms. The zero-order valence-electron chi connectivity index (χ0n) is 15.3. The number of aromatic amines is 1. The predicted molar refractivity (Wildman–Crippen MR) is 119 cm³/mol. The van der Waals surface area contributed by atoms with Crippen LogP contribution in [-0.4, -0.2) is 28.0 Å². The molecule has 8 heteroatoms. The van der Waals surface area contributed by atoms with Gasteiger partial charge >= 0.3 is 0 Å². The molecule has 0 saturated carbocycles. The number of aliphatic hydroxyl groups is 1. The Labute approximate surface area is 175 Å². The first-order chi connectivity index (χ1) is 13.5. The lowest BCUT2D eigenvalue weighted by Crippen LogP contribution is -2.25. The third kappa shape index (κ3) is 5.09. The Morgan fingerprint density at radius 3 is 2.43 bits per heavy atom. The molecule has 0 aliphatic carbocycles. The number of anilines is 2. The molecule has 0 radical (unpaired) electrons. The van der Waals surface area contributed by atoms with Gasteiger partial charge in [0.1, 0.15) is 5.84 Å². The van der Waals surface area contributed by atoms with Crippen molar-refractivity contribution in [1.29, 1.82) is 0 Å². The summed E-state index contributed by atoms with van der Waals surface area (Å²) in [6.45, 7) is 1.62. The SMILES string of the molecule is CC(CO)N=C(N)c1c(Cc2ccc(Nc3ccc(Br)cc3)cc2)s[nH]c1=O. The normalized spacial score (nSPS) is 12.8. The maximum absolute atomic E-state index is 12.1. The van der Waals surface area contributed by atoms with Crippen molar-refractivity contribution in [2.75, 3.05) is 11.9 Å². The van der Waals surface area contributed by atoms with Gasteiger partial charge in [-0.25, -0.2) is 0 Å². The molecule has 5 N–H and O–H groups in total. The highest BCUT2D eigenvalue weighted by Gasteiger charge is 2.15. The van der Waals surface area contributed by atoms with Crippen molar-refractivity contribution in [2.45, 2.75) is 19.4 Å². The van der Waals surface area contributed by atoms with Gasteiger partial charge < -0.3 is 16.2 Å². The summed E-state index contributed by atoms with van der Waals surface area (Å²) in [4.78, 5) is 17.2. The van der Waals surface area contributed by atoms with Crippen LogP contribution in [0.5, 0.6) is 0 Å². The molecule has 1 aromatic heterocycles. The molecule has 0 saturated heterocycles. The van der Waals surface area contributed by atoms with Gasteiger partial charge in [0.25, 0.3) is 5.56 Å². The highest BCUT2D eigenvalue weighted by Crippen LogP contribution is 2.21. The van der Waals surface area contributed by atoms with Gasteiger partial charge in [0.2, 0.25) is 0 Å². The third-order valence-electron chi connectivity index (χ3n) is 4.10. The molecule has 0 aliphatic heterocycles. The van der Waals surface area contributed by atoms with Crippen molar-refractivity contribution in [3.8, 4) is 0 Å². The van der Waals surface area contributed by atoms with E-state index in [4.69, 9.17) is 10.8 Å². The second-order valence-electron chi connectivity index (χ2n) is 6.38. The van der Waals surface area contributed by atoms with Crippen LogP contribution in [0.4, 0.5) is 11.4 Å². The van der Waals surface area contributed by atoms with Crippen LogP contribution in [0.2, 0.25) is 0 Å². The Morgan fingerprint density at radius 2 is 1.82 bits per heavy atom. The van der Waals surface area contributed by atoms with E-state index in [0.29, 0.717) is 12.0 Å². The van der Waals surface area contributed by atoms with Crippen molar-refractivity contribution >= 4 is 44.7 Å². The minimum atomic E-state index is -0.351. The summed E-state index contributed by atoms with van der Waals surface area (Å²) in [6.07, 6.45) is 0.570. The lowest BCUT2D eigenvalue weighted by atomic mass is 10.1. The van der Waals surface area contributed by atoms with Crippen LogP contribution in [-0.2, 0) is 6.42 Å². The van der Waals surface area contributed by atoms with Gasteiger partial charge in [-0.15, -0.1) is 0 Å². The topological polar surface area (TPSA) is 104 Å². The molecule has 1 heterocycles. The number of hydrogen-bond acceptors (Lipinski definition) is 5. The fourth-order valence-electron chi connectivity index (χ4n) is 2.65. The van der Waals surface area contributed by atoms with E-state index < -0.39 is 0 Å². The number of H-pyrrole nitrogens is 1. The van der Waals surface area contributed by atoms with Crippen molar-refractivity contribution < 1.29 is 5.11 Å². The number of hydrogen-bond donors (Lipinski definition) is 4. The Hall–Kier alpha value is -2.42. The van der Waals surface area contributed by atoms with Crippen LogP contribution < -0.4 is 16.6 Å². The molecule has 0 aliphatic rings. The smallest absolute Gasteiger partial charge is 0.269 e. The van der Waals surface area contributed by atoms with E-state index in [0.717, 1.165) is 26.3 Å². The first-order valence-electron chi connectivity index (χ1n) is 8.72. The van der Waals surface area contributed by atoms with Crippen LogP contribution in [0.25, 0.3) is 0 Å². The second kappa shape index (κ2) is 9.18. The van der Waals surface area contributed by atoms with Gasteiger partial charge in [-0.2, -0.15) is 0 Å². The summed E-state index contributed by atoms with van der Waals surface area (Å²) in [5, 5.41) is 12.5. The molecule has 0 spiro atoms. The number of aromatic nitrogens is 1. The number of nitrogens with two attached hydrogens (primary N) is 1. The van der Waals surface area contributed by atoms with Gasteiger partial charge in [0.15, 0.2) is 0 Å². The third-order valence-corrected chi connectivity index (χ3v) is 5.52. The minimum Gasteiger partial charge on any atom is -0.394 e. The van der Waals surface area contributed by atoms with E-state index in [2.05, 4.69) is 30.6 Å². The summed E-state index contributed by atoms with van der Waals surface area (Å²) in [6, 6.07) is 15.6. The lowest BCUT2D eigenvalue weighted by molar-refractivity contribution is 0.274. The number of benzene rings is 2. The molecule has 6 nitrogen and oxygen atoms in total. The zero-order chi connectivity index (χ0) is 20.1. The number of halogens is 1. The second-order valence-corrected chi connectivity index (χ2v) is 8.20. The molecule has 0 amide bonds. The fraction of sp³-hybridized carbons (Fsp3) is 0.200. The first kappa shape index (κ1) is 20.3. The van der Waals surface area contributed by atoms with Crippen molar-refractivity contribution in [3.05, 3.63) is 79.4 Å². The Morgan fingerprint density at radius 1 is 1.21 bits per heavy atom. The Bertz CT molecular complexity index is 1010. The van der Waals surface area contributed by atoms with Gasteiger partial charge in [-0.05, 0) is 48.9 Å². The van der Waals surface area contributed by atoms with Crippen molar-refractivity contribution in [1.82, 2.24) is 4.37 Å². The summed E-state index contributed by atoms with van der Waals surface area (Å²) in [7, 11) is 0. The Balaban J connectivity index is 1.75. The maximum atomic E-state index is 12.1. The van der Waals surface area contributed by atoms with Gasteiger partial charge in [0, 0.05) is 27.1 Å². The van der Waals surface area contributed by atoms with Crippen LogP contribution in [0.1, 0.15) is 22.9 Å². The minimum absolute atomic E-state index is 0.120. The molecule has 0 bridgehead atoms. The average molecular weight is 461 g/mol. The number of aliphatic hydroxyl groups excluding tert-OH is 1. The van der Waals surface area contributed by atoms with E-state index in [1.165, 1.54) is 11.5 Å². The van der Waals surface area contributed by atoms with Crippen LogP contribution >= 0.6 is 27.5 Å². The number of nitrogens with one attached hydrogen (secondary N) is 2. The fourth-order valence-corrected chi connectivity index (χ4v) is 3.77.